The molecule has 0 saturated carbocycles. The molecule has 2 amide bonds. The van der Waals surface area contributed by atoms with E-state index in [1.807, 2.05) is 6.92 Å². The molecule has 0 aliphatic carbocycles. The smallest absolute Gasteiger partial charge is 0.223 e. The molecule has 1 N–H and O–H groups in total. The van der Waals surface area contributed by atoms with Gasteiger partial charge in [-0.2, -0.15) is 0 Å². The van der Waals surface area contributed by atoms with E-state index in [0.717, 1.165) is 5.57 Å². The lowest BCUT2D eigenvalue weighted by atomic mass is 10.2. The molecule has 0 radical (unpaired) electrons. The predicted molar refractivity (Wildman–Crippen MR) is 50.9 cm³/mol. The van der Waals surface area contributed by atoms with Crippen LogP contribution in [0.4, 0.5) is 0 Å². The van der Waals surface area contributed by atoms with Gasteiger partial charge in [-0.05, 0) is 12.5 Å². The molecule has 0 aromatic heterocycles. The van der Waals surface area contributed by atoms with Gasteiger partial charge in [0.2, 0.25) is 11.8 Å². The molecular formula is C9H16N2O2. The van der Waals surface area contributed by atoms with Crippen LogP contribution in [0.1, 0.15) is 20.3 Å². The lowest BCUT2D eigenvalue weighted by molar-refractivity contribution is -0.125. The summed E-state index contributed by atoms with van der Waals surface area (Å²) in [6.07, 6.45) is 1.99. The molecule has 0 aliphatic rings. The average Bonchev–Trinajstić information content (AvgIpc) is 2.03. The highest BCUT2D eigenvalue weighted by Gasteiger charge is 2.02. The number of carbonyl (C=O) groups excluding carboxylic acids is 2. The maximum atomic E-state index is 10.9. The number of nitrogens with one attached hydrogen (secondary N) is 1. The summed E-state index contributed by atoms with van der Waals surface area (Å²) in [5.41, 5.74) is 0.858. The minimum atomic E-state index is -0.0503. The van der Waals surface area contributed by atoms with Crippen molar-refractivity contribution in [3.63, 3.8) is 0 Å². The van der Waals surface area contributed by atoms with Crippen molar-refractivity contribution in [1.82, 2.24) is 10.2 Å². The van der Waals surface area contributed by atoms with Crippen LogP contribution in [0.15, 0.2) is 11.8 Å². The average molecular weight is 184 g/mol. The van der Waals surface area contributed by atoms with Crippen molar-refractivity contribution < 1.29 is 9.59 Å². The fraction of sp³-hybridized carbons (Fsp3) is 0.556. The molecule has 0 aliphatic heterocycles. The highest BCUT2D eigenvalue weighted by atomic mass is 16.2. The molecule has 0 saturated heterocycles. The van der Waals surface area contributed by atoms with Crippen LogP contribution >= 0.6 is 0 Å². The Bertz CT molecular complexity index is 234. The van der Waals surface area contributed by atoms with E-state index in [1.54, 1.807) is 20.3 Å². The zero-order valence-electron chi connectivity index (χ0n) is 8.55. The molecule has 74 valence electrons. The topological polar surface area (TPSA) is 49.4 Å². The molecule has 0 unspecified atom stereocenters. The molecule has 4 heteroatoms. The molecule has 13 heavy (non-hydrogen) atoms. The fourth-order valence-electron chi connectivity index (χ4n) is 0.809. The van der Waals surface area contributed by atoms with Crippen LogP contribution in [0.3, 0.4) is 0 Å². The summed E-state index contributed by atoms with van der Waals surface area (Å²) in [6.45, 7) is 3.29. The van der Waals surface area contributed by atoms with E-state index in [4.69, 9.17) is 0 Å². The summed E-state index contributed by atoms with van der Waals surface area (Å²) in [7, 11) is 3.25. The van der Waals surface area contributed by atoms with Crippen LogP contribution in [-0.2, 0) is 9.59 Å². The highest BCUT2D eigenvalue weighted by Crippen LogP contribution is 2.01. The standard InChI is InChI=1S/C9H16N2O2/c1-7(5-9(13)10-3)6-11(4)8(2)12/h6H,5H2,1-4H3,(H,10,13)/b7-6-. The van der Waals surface area contributed by atoms with Gasteiger partial charge in [-0.1, -0.05) is 0 Å². The molecule has 0 heterocycles. The van der Waals surface area contributed by atoms with Gasteiger partial charge in [-0.15, -0.1) is 0 Å². The minimum Gasteiger partial charge on any atom is -0.359 e. The lowest BCUT2D eigenvalue weighted by Gasteiger charge is -2.10. The SMILES string of the molecule is CNC(=O)C/C(C)=C\N(C)C(C)=O. The predicted octanol–water partition coefficient (Wildman–Crippen LogP) is 0.505. The van der Waals surface area contributed by atoms with Gasteiger partial charge in [0, 0.05) is 33.6 Å². The Balaban J connectivity index is 4.16. The van der Waals surface area contributed by atoms with Crippen LogP contribution < -0.4 is 5.32 Å². The molecule has 0 aromatic rings. The third-order valence-electron chi connectivity index (χ3n) is 1.63. The summed E-state index contributed by atoms with van der Waals surface area (Å²) in [5, 5.41) is 2.52. The van der Waals surface area contributed by atoms with Crippen LogP contribution in [0, 0.1) is 0 Å². The van der Waals surface area contributed by atoms with Crippen molar-refractivity contribution in [2.75, 3.05) is 14.1 Å². The van der Waals surface area contributed by atoms with Crippen molar-refractivity contribution in [3.8, 4) is 0 Å². The largest absolute Gasteiger partial charge is 0.359 e. The Labute approximate surface area is 78.6 Å². The normalized spacial score (nSPS) is 10.9. The Morgan fingerprint density at radius 1 is 1.38 bits per heavy atom. The molecule has 4 nitrogen and oxygen atoms in total. The molecule has 0 bridgehead atoms. The summed E-state index contributed by atoms with van der Waals surface area (Å²) in [4.78, 5) is 23.2. The van der Waals surface area contributed by atoms with Crippen molar-refractivity contribution >= 4 is 11.8 Å². The zero-order chi connectivity index (χ0) is 10.4. The number of carbonyl (C=O) groups is 2. The van der Waals surface area contributed by atoms with Gasteiger partial charge >= 0.3 is 0 Å². The van der Waals surface area contributed by atoms with E-state index >= 15 is 0 Å². The van der Waals surface area contributed by atoms with E-state index < -0.39 is 0 Å². The zero-order valence-corrected chi connectivity index (χ0v) is 8.55. The Morgan fingerprint density at radius 2 is 1.92 bits per heavy atom. The lowest BCUT2D eigenvalue weighted by Crippen LogP contribution is -2.20. The van der Waals surface area contributed by atoms with Gasteiger partial charge in [0.25, 0.3) is 0 Å². The molecule has 0 fully saturated rings. The Morgan fingerprint density at radius 3 is 2.31 bits per heavy atom. The first-order valence-electron chi connectivity index (χ1n) is 4.08. The first-order valence-corrected chi connectivity index (χ1v) is 4.08. The van der Waals surface area contributed by atoms with Gasteiger partial charge in [0.05, 0.1) is 0 Å². The van der Waals surface area contributed by atoms with Crippen molar-refractivity contribution in [2.45, 2.75) is 20.3 Å². The summed E-state index contributed by atoms with van der Waals surface area (Å²) >= 11 is 0. The summed E-state index contributed by atoms with van der Waals surface area (Å²) < 4.78 is 0. The molecule has 0 aromatic carbocycles. The summed E-state index contributed by atoms with van der Waals surface area (Å²) in [6, 6.07) is 0. The van der Waals surface area contributed by atoms with E-state index in [2.05, 4.69) is 5.32 Å². The van der Waals surface area contributed by atoms with Gasteiger partial charge in [0.15, 0.2) is 0 Å². The van der Waals surface area contributed by atoms with Gasteiger partial charge in [-0.3, -0.25) is 9.59 Å². The first-order chi connectivity index (χ1) is 5.97. The van der Waals surface area contributed by atoms with E-state index in [0.29, 0.717) is 6.42 Å². The molecule has 0 spiro atoms. The third-order valence-corrected chi connectivity index (χ3v) is 1.63. The number of nitrogens with zero attached hydrogens (tertiary/aromatic N) is 1. The molecule has 0 atom stereocenters. The van der Waals surface area contributed by atoms with Crippen LogP contribution in [-0.4, -0.2) is 30.8 Å². The Kier molecular flexibility index (Phi) is 4.80. The van der Waals surface area contributed by atoms with Gasteiger partial charge in [0.1, 0.15) is 0 Å². The summed E-state index contributed by atoms with van der Waals surface area (Å²) in [5.74, 6) is -0.0954. The van der Waals surface area contributed by atoms with Crippen LogP contribution in [0.25, 0.3) is 0 Å². The monoisotopic (exact) mass is 184 g/mol. The van der Waals surface area contributed by atoms with Gasteiger partial charge in [-0.25, -0.2) is 0 Å². The number of hydrogen-bond acceptors (Lipinski definition) is 2. The quantitative estimate of drug-likeness (QED) is 0.694. The third kappa shape index (κ3) is 5.00. The first kappa shape index (κ1) is 11.7. The van der Waals surface area contributed by atoms with Crippen molar-refractivity contribution in [2.24, 2.45) is 0 Å². The highest BCUT2D eigenvalue weighted by molar-refractivity contribution is 5.78. The van der Waals surface area contributed by atoms with Crippen LogP contribution in [0.2, 0.25) is 0 Å². The second kappa shape index (κ2) is 5.35. The number of amides is 2. The molecular weight excluding hydrogens is 168 g/mol. The maximum Gasteiger partial charge on any atom is 0.223 e. The number of rotatable bonds is 3. The van der Waals surface area contributed by atoms with Crippen LogP contribution in [0.5, 0.6) is 0 Å². The maximum absolute atomic E-state index is 10.9. The van der Waals surface area contributed by atoms with E-state index in [-0.39, 0.29) is 11.8 Å². The van der Waals surface area contributed by atoms with Gasteiger partial charge < -0.3 is 10.2 Å². The Hall–Kier alpha value is -1.32. The number of hydrogen-bond donors (Lipinski definition) is 1. The van der Waals surface area contributed by atoms with E-state index in [1.165, 1.54) is 11.8 Å². The molecule has 0 rings (SSSR count). The van der Waals surface area contributed by atoms with Crippen molar-refractivity contribution in [3.05, 3.63) is 11.8 Å². The second-order valence-corrected chi connectivity index (χ2v) is 2.96. The van der Waals surface area contributed by atoms with E-state index in [9.17, 15) is 9.59 Å². The minimum absolute atomic E-state index is 0.0451. The second-order valence-electron chi connectivity index (χ2n) is 2.96. The van der Waals surface area contributed by atoms with Crippen molar-refractivity contribution in [1.29, 1.82) is 0 Å². The fourth-order valence-corrected chi connectivity index (χ4v) is 0.809.